The first kappa shape index (κ1) is 14.7. The molecule has 1 saturated heterocycles. The Morgan fingerprint density at radius 1 is 1.29 bits per heavy atom. The third-order valence-electron chi connectivity index (χ3n) is 4.64. The summed E-state index contributed by atoms with van der Waals surface area (Å²) < 4.78 is 3.89. The van der Waals surface area contributed by atoms with Gasteiger partial charge in [0, 0.05) is 43.7 Å². The van der Waals surface area contributed by atoms with Crippen LogP contribution >= 0.6 is 0 Å². The lowest BCUT2D eigenvalue weighted by Gasteiger charge is -2.32. The van der Waals surface area contributed by atoms with Gasteiger partial charge in [-0.2, -0.15) is 0 Å². The Morgan fingerprint density at radius 2 is 2.21 bits per heavy atom. The highest BCUT2D eigenvalue weighted by molar-refractivity contribution is 5.92. The molecule has 0 aliphatic carbocycles. The molecule has 1 unspecified atom stereocenters. The van der Waals surface area contributed by atoms with Crippen LogP contribution < -0.4 is 5.32 Å². The molecule has 1 aliphatic rings. The first-order valence-electron chi connectivity index (χ1n) is 8.17. The van der Waals surface area contributed by atoms with Crippen molar-refractivity contribution < 1.29 is 4.79 Å². The van der Waals surface area contributed by atoms with E-state index in [1.54, 1.807) is 6.20 Å². The number of nitrogens with zero attached hydrogens (tertiary/aromatic N) is 5. The van der Waals surface area contributed by atoms with Gasteiger partial charge < -0.3 is 14.8 Å². The summed E-state index contributed by atoms with van der Waals surface area (Å²) in [7, 11) is 2.00. The Bertz CT molecular complexity index is 853. The van der Waals surface area contributed by atoms with Gasteiger partial charge in [0.15, 0.2) is 0 Å². The number of urea groups is 1. The van der Waals surface area contributed by atoms with Gasteiger partial charge >= 0.3 is 6.03 Å². The second kappa shape index (κ2) is 5.99. The topological polar surface area (TPSA) is 68.0 Å². The van der Waals surface area contributed by atoms with Gasteiger partial charge in [-0.25, -0.2) is 9.48 Å². The first-order valence-corrected chi connectivity index (χ1v) is 8.17. The molecule has 0 bridgehead atoms. The summed E-state index contributed by atoms with van der Waals surface area (Å²) in [5.41, 5.74) is 1.92. The second-order valence-electron chi connectivity index (χ2n) is 6.26. The van der Waals surface area contributed by atoms with Crippen molar-refractivity contribution in [2.24, 2.45) is 7.05 Å². The van der Waals surface area contributed by atoms with Crippen LogP contribution in [0.15, 0.2) is 42.9 Å². The van der Waals surface area contributed by atoms with Crippen molar-refractivity contribution in [2.75, 3.05) is 18.4 Å². The van der Waals surface area contributed by atoms with E-state index < -0.39 is 0 Å². The predicted molar refractivity (Wildman–Crippen MR) is 91.8 cm³/mol. The molecule has 7 nitrogen and oxygen atoms in total. The molecule has 7 heteroatoms. The van der Waals surface area contributed by atoms with E-state index in [1.165, 1.54) is 5.39 Å². The standard InChI is InChI=1S/C17H20N6O/c1-21-9-6-13-4-5-14(11-16(13)21)19-17(24)22-8-2-3-15(12-22)23-10-7-18-20-23/h4-7,9-11,15H,2-3,8,12H2,1H3,(H,19,24). The molecule has 3 heterocycles. The number of likely N-dealkylation sites (tertiary alicyclic amines) is 1. The zero-order valence-electron chi connectivity index (χ0n) is 13.6. The molecule has 1 aromatic carbocycles. The van der Waals surface area contributed by atoms with Crippen molar-refractivity contribution in [3.8, 4) is 0 Å². The zero-order chi connectivity index (χ0) is 16.5. The van der Waals surface area contributed by atoms with Gasteiger partial charge in [0.2, 0.25) is 0 Å². The van der Waals surface area contributed by atoms with E-state index in [0.29, 0.717) is 6.54 Å². The van der Waals surface area contributed by atoms with Crippen LogP contribution in [0, 0.1) is 0 Å². The Balaban J connectivity index is 1.47. The number of benzene rings is 1. The van der Waals surface area contributed by atoms with E-state index in [-0.39, 0.29) is 12.1 Å². The fourth-order valence-corrected chi connectivity index (χ4v) is 3.31. The van der Waals surface area contributed by atoms with Crippen molar-refractivity contribution in [3.63, 3.8) is 0 Å². The molecule has 1 fully saturated rings. The number of carbonyl (C=O) groups excluding carboxylic acids is 1. The molecular weight excluding hydrogens is 304 g/mol. The van der Waals surface area contributed by atoms with Crippen LogP contribution in [0.4, 0.5) is 10.5 Å². The zero-order valence-corrected chi connectivity index (χ0v) is 13.6. The fraction of sp³-hybridized carbons (Fsp3) is 0.353. The first-order chi connectivity index (χ1) is 11.7. The molecule has 4 rings (SSSR count). The van der Waals surface area contributed by atoms with Gasteiger partial charge in [-0.1, -0.05) is 11.3 Å². The number of carbonyl (C=O) groups is 1. The summed E-state index contributed by atoms with van der Waals surface area (Å²) in [5.74, 6) is 0. The molecule has 0 radical (unpaired) electrons. The summed E-state index contributed by atoms with van der Waals surface area (Å²) in [6.07, 6.45) is 7.53. The van der Waals surface area contributed by atoms with E-state index in [9.17, 15) is 4.79 Å². The minimum absolute atomic E-state index is 0.0617. The van der Waals surface area contributed by atoms with Crippen molar-refractivity contribution in [2.45, 2.75) is 18.9 Å². The van der Waals surface area contributed by atoms with Gasteiger partial charge in [0.05, 0.1) is 12.2 Å². The molecule has 0 saturated carbocycles. The van der Waals surface area contributed by atoms with Crippen LogP contribution in [-0.2, 0) is 7.05 Å². The van der Waals surface area contributed by atoms with Crippen LogP contribution in [0.2, 0.25) is 0 Å². The second-order valence-corrected chi connectivity index (χ2v) is 6.26. The number of aryl methyl sites for hydroxylation is 1. The summed E-state index contributed by atoms with van der Waals surface area (Å²) in [6.45, 7) is 1.42. The van der Waals surface area contributed by atoms with Crippen LogP contribution in [-0.4, -0.2) is 43.6 Å². The Kier molecular flexibility index (Phi) is 3.68. The molecular formula is C17H20N6O. The lowest BCUT2D eigenvalue weighted by Crippen LogP contribution is -2.43. The van der Waals surface area contributed by atoms with E-state index in [0.717, 1.165) is 30.6 Å². The maximum atomic E-state index is 12.6. The summed E-state index contributed by atoms with van der Waals surface area (Å²) >= 11 is 0. The molecule has 124 valence electrons. The van der Waals surface area contributed by atoms with E-state index in [1.807, 2.05) is 51.8 Å². The van der Waals surface area contributed by atoms with Gasteiger partial charge in [0.25, 0.3) is 0 Å². The van der Waals surface area contributed by atoms with Crippen molar-refractivity contribution >= 4 is 22.6 Å². The van der Waals surface area contributed by atoms with Gasteiger partial charge in [-0.05, 0) is 36.4 Å². The molecule has 2 amide bonds. The molecule has 0 spiro atoms. The van der Waals surface area contributed by atoms with Crippen LogP contribution in [0.5, 0.6) is 0 Å². The van der Waals surface area contributed by atoms with Gasteiger partial charge in [-0.3, -0.25) is 0 Å². The maximum absolute atomic E-state index is 12.6. The minimum atomic E-state index is -0.0617. The molecule has 3 aromatic rings. The smallest absolute Gasteiger partial charge is 0.321 e. The van der Waals surface area contributed by atoms with E-state index in [2.05, 4.69) is 21.7 Å². The van der Waals surface area contributed by atoms with Gasteiger partial charge in [0.1, 0.15) is 0 Å². The Morgan fingerprint density at radius 3 is 3.04 bits per heavy atom. The van der Waals surface area contributed by atoms with Crippen molar-refractivity contribution in [1.82, 2.24) is 24.5 Å². The number of aromatic nitrogens is 4. The fourth-order valence-electron chi connectivity index (χ4n) is 3.31. The average Bonchev–Trinajstić information content (AvgIpc) is 3.26. The lowest BCUT2D eigenvalue weighted by molar-refractivity contribution is 0.174. The minimum Gasteiger partial charge on any atom is -0.350 e. The number of amides is 2. The van der Waals surface area contributed by atoms with Crippen LogP contribution in [0.25, 0.3) is 10.9 Å². The molecule has 1 N–H and O–H groups in total. The molecule has 2 aromatic heterocycles. The summed E-state index contributed by atoms with van der Waals surface area (Å²) in [6, 6.07) is 8.18. The Labute approximate surface area is 139 Å². The van der Waals surface area contributed by atoms with Crippen molar-refractivity contribution in [1.29, 1.82) is 0 Å². The molecule has 1 aliphatic heterocycles. The SMILES string of the molecule is Cn1ccc2ccc(NC(=O)N3CCCC(n4ccnn4)C3)cc21. The van der Waals surface area contributed by atoms with Crippen molar-refractivity contribution in [3.05, 3.63) is 42.9 Å². The molecule has 1 atom stereocenters. The highest BCUT2D eigenvalue weighted by atomic mass is 16.2. The predicted octanol–water partition coefficient (Wildman–Crippen LogP) is 2.64. The number of fused-ring (bicyclic) bond motifs is 1. The number of piperidine rings is 1. The van der Waals surface area contributed by atoms with E-state index in [4.69, 9.17) is 0 Å². The highest BCUT2D eigenvalue weighted by Gasteiger charge is 2.25. The monoisotopic (exact) mass is 324 g/mol. The summed E-state index contributed by atoms with van der Waals surface area (Å²) in [4.78, 5) is 14.5. The van der Waals surface area contributed by atoms with Crippen LogP contribution in [0.1, 0.15) is 18.9 Å². The number of rotatable bonds is 2. The summed E-state index contributed by atoms with van der Waals surface area (Å²) in [5, 5.41) is 12.1. The number of nitrogens with one attached hydrogen (secondary N) is 1. The third kappa shape index (κ3) is 2.73. The Hall–Kier alpha value is -2.83. The third-order valence-corrected chi connectivity index (χ3v) is 4.64. The highest BCUT2D eigenvalue weighted by Crippen LogP contribution is 2.23. The average molecular weight is 324 g/mol. The largest absolute Gasteiger partial charge is 0.350 e. The number of anilines is 1. The van der Waals surface area contributed by atoms with Crippen LogP contribution in [0.3, 0.4) is 0 Å². The normalized spacial score (nSPS) is 18.0. The quantitative estimate of drug-likeness (QED) is 0.788. The maximum Gasteiger partial charge on any atom is 0.321 e. The lowest BCUT2D eigenvalue weighted by atomic mass is 10.1. The van der Waals surface area contributed by atoms with Gasteiger partial charge in [-0.15, -0.1) is 5.10 Å². The van der Waals surface area contributed by atoms with E-state index >= 15 is 0 Å². The number of hydrogen-bond acceptors (Lipinski definition) is 3. The molecule has 24 heavy (non-hydrogen) atoms. The number of hydrogen-bond donors (Lipinski definition) is 1.